The van der Waals surface area contributed by atoms with Gasteiger partial charge in [0.15, 0.2) is 10.9 Å². The van der Waals surface area contributed by atoms with Gasteiger partial charge in [0.1, 0.15) is 11.5 Å². The third-order valence-corrected chi connectivity index (χ3v) is 6.55. The Labute approximate surface area is 194 Å². The van der Waals surface area contributed by atoms with E-state index < -0.39 is 0 Å². The Bertz CT molecular complexity index is 1210. The van der Waals surface area contributed by atoms with Gasteiger partial charge in [0.2, 0.25) is 0 Å². The number of nitrogens with zero attached hydrogens (tertiary/aromatic N) is 2. The van der Waals surface area contributed by atoms with Crippen molar-refractivity contribution in [1.29, 1.82) is 0 Å². The molecule has 1 aliphatic heterocycles. The second-order valence-corrected chi connectivity index (χ2v) is 8.76. The normalized spacial score (nSPS) is 15.8. The van der Waals surface area contributed by atoms with E-state index in [0.717, 1.165) is 12.8 Å². The highest BCUT2D eigenvalue weighted by Crippen LogP contribution is 2.28. The number of ketones is 1. The molecule has 1 aromatic heterocycles. The minimum atomic E-state index is -0.167. The van der Waals surface area contributed by atoms with Crippen LogP contribution < -0.4 is 15.0 Å². The fourth-order valence-corrected chi connectivity index (χ4v) is 4.73. The smallest absolute Gasteiger partial charge is 0.262 e. The van der Waals surface area contributed by atoms with E-state index in [1.165, 1.54) is 18.9 Å². The van der Waals surface area contributed by atoms with E-state index in [-0.39, 0.29) is 23.2 Å². The van der Waals surface area contributed by atoms with E-state index in [9.17, 15) is 9.59 Å². The first-order chi connectivity index (χ1) is 15.5. The molecule has 0 aliphatic carbocycles. The van der Waals surface area contributed by atoms with Gasteiger partial charge in [-0.15, -0.1) is 0 Å². The molecule has 1 saturated heterocycles. The predicted octanol–water partition coefficient (Wildman–Crippen LogP) is 4.22. The molecule has 9 heteroatoms. The Kier molecular flexibility index (Phi) is 7.03. The van der Waals surface area contributed by atoms with Gasteiger partial charge in [-0.3, -0.25) is 14.2 Å². The zero-order valence-corrected chi connectivity index (χ0v) is 19.4. The number of ether oxygens (including phenoxy) is 3. The van der Waals surface area contributed by atoms with E-state index in [4.69, 9.17) is 25.8 Å². The second-order valence-electron chi connectivity index (χ2n) is 7.38. The number of aromatic nitrogens is 2. The van der Waals surface area contributed by atoms with Crippen LogP contribution in [0, 0.1) is 0 Å². The highest BCUT2D eigenvalue weighted by atomic mass is 35.5. The number of carbonyl (C=O) groups excluding carboxylic acids is 1. The summed E-state index contributed by atoms with van der Waals surface area (Å²) in [6.07, 6.45) is 1.81. The summed E-state index contributed by atoms with van der Waals surface area (Å²) in [6.45, 7) is 1.08. The molecule has 0 saturated carbocycles. The molecular formula is C23H23ClN2O5S. The van der Waals surface area contributed by atoms with Crippen LogP contribution in [-0.4, -0.2) is 48.0 Å². The Morgan fingerprint density at radius 1 is 1.25 bits per heavy atom. The van der Waals surface area contributed by atoms with Gasteiger partial charge >= 0.3 is 0 Å². The summed E-state index contributed by atoms with van der Waals surface area (Å²) in [5, 5.41) is 1.44. The summed E-state index contributed by atoms with van der Waals surface area (Å²) in [7, 11) is 3.06. The third-order valence-electron chi connectivity index (χ3n) is 5.33. The molecular weight excluding hydrogens is 452 g/mol. The predicted molar refractivity (Wildman–Crippen MR) is 125 cm³/mol. The number of Topliss-reactive ketones (excluding diaryl/α,β-unsaturated/α-hetero) is 1. The SMILES string of the molecule is COc1ccc(C(=O)CSc2nc3cc(Cl)ccc3c(=O)n2CC2CCCO2)c(OC)c1. The van der Waals surface area contributed by atoms with Gasteiger partial charge in [-0.1, -0.05) is 23.4 Å². The standard InChI is InChI=1S/C23H23ClN2O5S/c1-29-15-6-8-18(21(11-15)30-2)20(27)13-32-23-25-19-10-14(24)5-7-17(19)22(28)26(23)12-16-4-3-9-31-16/h5-8,10-11,16H,3-4,9,12-13H2,1-2H3. The Balaban J connectivity index is 1.65. The molecule has 3 aromatic rings. The van der Waals surface area contributed by atoms with Crippen LogP contribution in [0.5, 0.6) is 11.5 Å². The molecule has 0 amide bonds. The van der Waals surface area contributed by atoms with Crippen molar-refractivity contribution in [2.45, 2.75) is 30.6 Å². The minimum Gasteiger partial charge on any atom is -0.497 e. The van der Waals surface area contributed by atoms with E-state index >= 15 is 0 Å². The van der Waals surface area contributed by atoms with Gasteiger partial charge in [-0.05, 0) is 43.2 Å². The maximum atomic E-state index is 13.2. The molecule has 1 unspecified atom stereocenters. The first-order valence-corrected chi connectivity index (χ1v) is 11.6. The number of rotatable bonds is 8. The van der Waals surface area contributed by atoms with Crippen molar-refractivity contribution in [2.75, 3.05) is 26.6 Å². The van der Waals surface area contributed by atoms with Crippen LogP contribution in [0.25, 0.3) is 10.9 Å². The van der Waals surface area contributed by atoms with E-state index in [2.05, 4.69) is 4.98 Å². The van der Waals surface area contributed by atoms with Crippen molar-refractivity contribution in [1.82, 2.24) is 9.55 Å². The van der Waals surface area contributed by atoms with Crippen molar-refractivity contribution >= 4 is 40.0 Å². The maximum Gasteiger partial charge on any atom is 0.262 e. The van der Waals surface area contributed by atoms with Gasteiger partial charge in [-0.2, -0.15) is 0 Å². The second kappa shape index (κ2) is 9.94. The van der Waals surface area contributed by atoms with Crippen LogP contribution in [0.2, 0.25) is 5.02 Å². The van der Waals surface area contributed by atoms with Crippen LogP contribution in [0.15, 0.2) is 46.3 Å². The number of hydrogen-bond donors (Lipinski definition) is 0. The fraction of sp³-hybridized carbons (Fsp3) is 0.348. The molecule has 0 bridgehead atoms. The van der Waals surface area contributed by atoms with Gasteiger partial charge in [0.05, 0.1) is 49.1 Å². The number of thioether (sulfide) groups is 1. The average Bonchev–Trinajstić information content (AvgIpc) is 3.32. The van der Waals surface area contributed by atoms with Crippen molar-refractivity contribution < 1.29 is 19.0 Å². The Morgan fingerprint density at radius 3 is 2.81 bits per heavy atom. The number of hydrogen-bond acceptors (Lipinski definition) is 7. The van der Waals surface area contributed by atoms with Crippen LogP contribution >= 0.6 is 23.4 Å². The number of carbonyl (C=O) groups is 1. The van der Waals surface area contributed by atoms with Gasteiger partial charge in [-0.25, -0.2) is 4.98 Å². The molecule has 32 heavy (non-hydrogen) atoms. The first kappa shape index (κ1) is 22.6. The topological polar surface area (TPSA) is 79.7 Å². The summed E-state index contributed by atoms with van der Waals surface area (Å²) < 4.78 is 17.9. The van der Waals surface area contributed by atoms with Crippen LogP contribution in [0.4, 0.5) is 0 Å². The summed E-state index contributed by atoms with van der Waals surface area (Å²) in [6, 6.07) is 10.1. The Morgan fingerprint density at radius 2 is 2.09 bits per heavy atom. The number of benzene rings is 2. The van der Waals surface area contributed by atoms with Crippen molar-refractivity contribution in [2.24, 2.45) is 0 Å². The monoisotopic (exact) mass is 474 g/mol. The molecule has 0 spiro atoms. The molecule has 1 fully saturated rings. The fourth-order valence-electron chi connectivity index (χ4n) is 3.67. The zero-order valence-electron chi connectivity index (χ0n) is 17.8. The van der Waals surface area contributed by atoms with E-state index in [1.807, 2.05) is 0 Å². The summed E-state index contributed by atoms with van der Waals surface area (Å²) >= 11 is 7.33. The number of halogens is 1. The highest BCUT2D eigenvalue weighted by molar-refractivity contribution is 7.99. The van der Waals surface area contributed by atoms with E-state index in [0.29, 0.717) is 51.3 Å². The lowest BCUT2D eigenvalue weighted by atomic mass is 10.1. The van der Waals surface area contributed by atoms with Crippen LogP contribution in [0.3, 0.4) is 0 Å². The number of fused-ring (bicyclic) bond motifs is 1. The van der Waals surface area contributed by atoms with Crippen LogP contribution in [-0.2, 0) is 11.3 Å². The first-order valence-electron chi connectivity index (χ1n) is 10.2. The molecule has 0 radical (unpaired) electrons. The van der Waals surface area contributed by atoms with Crippen molar-refractivity contribution in [3.63, 3.8) is 0 Å². The van der Waals surface area contributed by atoms with Gasteiger partial charge in [0, 0.05) is 17.7 Å². The lowest BCUT2D eigenvalue weighted by molar-refractivity contribution is 0.0937. The number of methoxy groups -OCH3 is 2. The lowest BCUT2D eigenvalue weighted by Crippen LogP contribution is -2.29. The molecule has 0 N–H and O–H groups in total. The van der Waals surface area contributed by atoms with Crippen molar-refractivity contribution in [3.05, 3.63) is 57.3 Å². The molecule has 1 atom stereocenters. The summed E-state index contributed by atoms with van der Waals surface area (Å²) in [5.41, 5.74) is 0.778. The molecule has 168 valence electrons. The molecule has 1 aliphatic rings. The minimum absolute atomic E-state index is 0.0454. The third kappa shape index (κ3) is 4.77. The maximum absolute atomic E-state index is 13.2. The van der Waals surface area contributed by atoms with Gasteiger partial charge < -0.3 is 14.2 Å². The zero-order chi connectivity index (χ0) is 22.7. The Hall–Kier alpha value is -2.55. The van der Waals surface area contributed by atoms with Crippen LogP contribution in [0.1, 0.15) is 23.2 Å². The average molecular weight is 475 g/mol. The molecule has 7 nitrogen and oxygen atoms in total. The quantitative estimate of drug-likeness (QED) is 0.274. The largest absolute Gasteiger partial charge is 0.497 e. The molecule has 4 rings (SSSR count). The van der Waals surface area contributed by atoms with Crippen molar-refractivity contribution in [3.8, 4) is 11.5 Å². The van der Waals surface area contributed by atoms with E-state index in [1.54, 1.807) is 48.1 Å². The lowest BCUT2D eigenvalue weighted by Gasteiger charge is -2.16. The summed E-state index contributed by atoms with van der Waals surface area (Å²) in [5.74, 6) is 0.986. The molecule has 2 aromatic carbocycles. The summed E-state index contributed by atoms with van der Waals surface area (Å²) in [4.78, 5) is 30.8. The molecule has 2 heterocycles. The van der Waals surface area contributed by atoms with Gasteiger partial charge in [0.25, 0.3) is 5.56 Å². The highest BCUT2D eigenvalue weighted by Gasteiger charge is 2.22.